The highest BCUT2D eigenvalue weighted by Crippen LogP contribution is 2.38. The minimum atomic E-state index is -0.790. The Balaban J connectivity index is 2.14. The summed E-state index contributed by atoms with van der Waals surface area (Å²) in [5.74, 6) is -1.00. The van der Waals surface area contributed by atoms with Crippen LogP contribution in [-0.4, -0.2) is 71.3 Å². The van der Waals surface area contributed by atoms with Crippen LogP contribution in [0.15, 0.2) is 0 Å². The summed E-state index contributed by atoms with van der Waals surface area (Å²) in [6.45, 7) is 21.4. The van der Waals surface area contributed by atoms with Crippen molar-refractivity contribution in [2.45, 2.75) is 124 Å². The number of likely N-dealkylation sites (tertiary alicyclic amines) is 1. The third-order valence-electron chi connectivity index (χ3n) is 7.04. The van der Waals surface area contributed by atoms with Crippen LogP contribution < -0.4 is 10.6 Å². The van der Waals surface area contributed by atoms with Crippen molar-refractivity contribution in [3.8, 4) is 0 Å². The number of ether oxygens (including phenoxy) is 1. The number of nitrogens with zero attached hydrogens (tertiary/aromatic N) is 1. The van der Waals surface area contributed by atoms with E-state index in [4.69, 9.17) is 14.0 Å². The molecule has 0 aliphatic carbocycles. The first-order valence-corrected chi connectivity index (χ1v) is 12.8. The summed E-state index contributed by atoms with van der Waals surface area (Å²) in [7, 11) is -0.591. The molecular weight excluding hydrogens is 449 g/mol. The van der Waals surface area contributed by atoms with Crippen LogP contribution in [0.1, 0.15) is 89.0 Å². The van der Waals surface area contributed by atoms with Gasteiger partial charge >= 0.3 is 13.2 Å². The van der Waals surface area contributed by atoms with Crippen LogP contribution in [0.3, 0.4) is 0 Å². The quantitative estimate of drug-likeness (QED) is 0.525. The predicted octanol–water partition coefficient (Wildman–Crippen LogP) is 3.30. The maximum absolute atomic E-state index is 13.5. The lowest BCUT2D eigenvalue weighted by molar-refractivity contribution is -0.141. The number of amides is 3. The van der Waals surface area contributed by atoms with Gasteiger partial charge in [0.25, 0.3) is 0 Å². The van der Waals surface area contributed by atoms with Crippen LogP contribution in [0.5, 0.6) is 0 Å². The number of nitrogens with one attached hydrogen (secondary N) is 2. The Labute approximate surface area is 211 Å². The largest absolute Gasteiger partial charge is 0.482 e. The molecule has 2 rings (SSSR count). The fourth-order valence-corrected chi connectivity index (χ4v) is 4.27. The van der Waals surface area contributed by atoms with Gasteiger partial charge in [-0.1, -0.05) is 27.7 Å². The van der Waals surface area contributed by atoms with Gasteiger partial charge < -0.3 is 29.6 Å². The van der Waals surface area contributed by atoms with Crippen LogP contribution in [0, 0.1) is 11.8 Å². The molecule has 2 heterocycles. The number of hydrogen-bond donors (Lipinski definition) is 2. The molecule has 0 bridgehead atoms. The Bertz CT molecular complexity index is 777. The molecule has 2 aliphatic rings. The van der Waals surface area contributed by atoms with Gasteiger partial charge in [0.2, 0.25) is 11.8 Å². The number of hydrogen-bond acceptors (Lipinski definition) is 6. The molecule has 10 heteroatoms. The monoisotopic (exact) mass is 495 g/mol. The first-order chi connectivity index (χ1) is 15.9. The summed E-state index contributed by atoms with van der Waals surface area (Å²) < 4.78 is 17.7. The molecule has 2 unspecified atom stereocenters. The molecule has 9 nitrogen and oxygen atoms in total. The Morgan fingerprint density at radius 1 is 0.971 bits per heavy atom. The van der Waals surface area contributed by atoms with E-state index in [1.54, 1.807) is 25.7 Å². The van der Waals surface area contributed by atoms with E-state index in [0.717, 1.165) is 0 Å². The molecular formula is C25H46BN3O6. The lowest BCUT2D eigenvalue weighted by Crippen LogP contribution is -2.58. The highest BCUT2D eigenvalue weighted by Gasteiger charge is 2.55. The summed E-state index contributed by atoms with van der Waals surface area (Å²) in [5.41, 5.74) is -1.70. The lowest BCUT2D eigenvalue weighted by Gasteiger charge is -2.32. The molecule has 2 fully saturated rings. The van der Waals surface area contributed by atoms with Crippen molar-refractivity contribution >= 4 is 25.0 Å². The maximum Gasteiger partial charge on any atom is 0.482 e. The Hall–Kier alpha value is -1.81. The maximum atomic E-state index is 13.5. The van der Waals surface area contributed by atoms with E-state index in [0.29, 0.717) is 19.4 Å². The number of carbonyl (C=O) groups excluding carboxylic acids is 3. The topological polar surface area (TPSA) is 106 Å². The molecule has 3 atom stereocenters. The smallest absolute Gasteiger partial charge is 0.444 e. The normalized spacial score (nSPS) is 23.4. The van der Waals surface area contributed by atoms with Crippen molar-refractivity contribution in [1.29, 1.82) is 0 Å². The highest BCUT2D eigenvalue weighted by atomic mass is 16.7. The number of rotatable bonds is 7. The van der Waals surface area contributed by atoms with Crippen LogP contribution in [-0.2, 0) is 23.6 Å². The fraction of sp³-hybridized carbons (Fsp3) is 0.880. The van der Waals surface area contributed by atoms with Gasteiger partial charge in [-0.3, -0.25) is 9.59 Å². The average Bonchev–Trinajstić information content (AvgIpc) is 3.24. The molecule has 3 amide bonds. The molecule has 0 saturated carbocycles. The lowest BCUT2D eigenvalue weighted by atomic mass is 9.72. The number of alkyl carbamates (subject to hydrolysis) is 1. The Kier molecular flexibility index (Phi) is 8.97. The van der Waals surface area contributed by atoms with E-state index < -0.39 is 42.1 Å². The van der Waals surface area contributed by atoms with Gasteiger partial charge in [-0.15, -0.1) is 0 Å². The predicted molar refractivity (Wildman–Crippen MR) is 136 cm³/mol. The minimum Gasteiger partial charge on any atom is -0.444 e. The Morgan fingerprint density at radius 3 is 1.97 bits per heavy atom. The highest BCUT2D eigenvalue weighted by molar-refractivity contribution is 6.48. The second kappa shape index (κ2) is 10.7. The zero-order valence-corrected chi connectivity index (χ0v) is 23.5. The summed E-state index contributed by atoms with van der Waals surface area (Å²) in [4.78, 5) is 40.9. The third kappa shape index (κ3) is 7.12. The molecule has 0 aromatic rings. The first kappa shape index (κ1) is 29.4. The van der Waals surface area contributed by atoms with Crippen LogP contribution in [0.25, 0.3) is 0 Å². The zero-order chi connectivity index (χ0) is 26.9. The van der Waals surface area contributed by atoms with E-state index >= 15 is 0 Å². The average molecular weight is 495 g/mol. The van der Waals surface area contributed by atoms with Crippen LogP contribution in [0.2, 0.25) is 0 Å². The van der Waals surface area contributed by atoms with Gasteiger partial charge in [0.1, 0.15) is 17.7 Å². The molecule has 0 aromatic carbocycles. The molecule has 2 N–H and O–H groups in total. The van der Waals surface area contributed by atoms with E-state index in [1.165, 1.54) is 0 Å². The third-order valence-corrected chi connectivity index (χ3v) is 7.04. The Morgan fingerprint density at radius 2 is 1.51 bits per heavy atom. The summed E-state index contributed by atoms with van der Waals surface area (Å²) in [6.07, 6.45) is 0.623. The molecule has 2 saturated heterocycles. The zero-order valence-electron chi connectivity index (χ0n) is 23.5. The van der Waals surface area contributed by atoms with Crippen molar-refractivity contribution in [3.05, 3.63) is 0 Å². The first-order valence-electron chi connectivity index (χ1n) is 12.8. The molecule has 2 aliphatic heterocycles. The number of carbonyl (C=O) groups is 3. The summed E-state index contributed by atoms with van der Waals surface area (Å²) >= 11 is 0. The minimum absolute atomic E-state index is 0.0523. The standard InChI is InChI=1S/C25H46BN3O6/c1-15(2)18(27-22(32)33-23(5,6)7)21(31)29-14-12-13-17(29)20(30)28-19(16(3)4)26-34-24(8,9)25(10,11)35-26/h15-19H,12-14H2,1-11H3,(H,27,32)(H,28,30)/t17?,18?,19-/m0/s1. The molecule has 35 heavy (non-hydrogen) atoms. The van der Waals surface area contributed by atoms with Crippen LogP contribution >= 0.6 is 0 Å². The van der Waals surface area contributed by atoms with Gasteiger partial charge in [0.05, 0.1) is 17.1 Å². The van der Waals surface area contributed by atoms with E-state index in [9.17, 15) is 14.4 Å². The van der Waals surface area contributed by atoms with Crippen molar-refractivity contribution < 1.29 is 28.4 Å². The van der Waals surface area contributed by atoms with Crippen molar-refractivity contribution in [2.75, 3.05) is 6.54 Å². The summed E-state index contributed by atoms with van der Waals surface area (Å²) in [6, 6.07) is -1.41. The van der Waals surface area contributed by atoms with Crippen molar-refractivity contribution in [1.82, 2.24) is 15.5 Å². The van der Waals surface area contributed by atoms with E-state index in [1.807, 2.05) is 55.4 Å². The second-order valence-corrected chi connectivity index (χ2v) is 12.5. The second-order valence-electron chi connectivity index (χ2n) is 12.5. The fourth-order valence-electron chi connectivity index (χ4n) is 4.27. The van der Waals surface area contributed by atoms with Gasteiger partial charge in [0.15, 0.2) is 0 Å². The van der Waals surface area contributed by atoms with E-state index in [2.05, 4.69) is 10.6 Å². The van der Waals surface area contributed by atoms with Crippen LogP contribution in [0.4, 0.5) is 4.79 Å². The molecule has 0 radical (unpaired) electrons. The van der Waals surface area contributed by atoms with Gasteiger partial charge in [-0.2, -0.15) is 0 Å². The van der Waals surface area contributed by atoms with Gasteiger partial charge in [0, 0.05) is 6.54 Å². The SMILES string of the molecule is CC(C)C(NC(=O)OC(C)(C)C)C(=O)N1CCCC1C(=O)N[C@H](B1OC(C)(C)C(C)(C)O1)C(C)C. The van der Waals surface area contributed by atoms with Gasteiger partial charge in [-0.05, 0) is 73.1 Å². The summed E-state index contributed by atoms with van der Waals surface area (Å²) in [5, 5.41) is 5.81. The van der Waals surface area contributed by atoms with Crippen molar-refractivity contribution in [3.63, 3.8) is 0 Å². The molecule has 0 spiro atoms. The van der Waals surface area contributed by atoms with E-state index in [-0.39, 0.29) is 29.6 Å². The molecule has 200 valence electrons. The van der Waals surface area contributed by atoms with Crippen molar-refractivity contribution in [2.24, 2.45) is 11.8 Å². The van der Waals surface area contributed by atoms with Gasteiger partial charge in [-0.25, -0.2) is 4.79 Å². The molecule has 0 aromatic heterocycles.